The Bertz CT molecular complexity index is 1180. The molecule has 0 radical (unpaired) electrons. The summed E-state index contributed by atoms with van der Waals surface area (Å²) in [5.74, 6) is -0.274. The Kier molecular flexibility index (Phi) is 6.23. The first kappa shape index (κ1) is 21.3. The number of imide groups is 1. The number of nitrogens with zero attached hydrogens (tertiary/aromatic N) is 1. The molecule has 0 fully saturated rings. The molecule has 3 aromatic rings. The van der Waals surface area contributed by atoms with Crippen LogP contribution >= 0.6 is 35.0 Å². The summed E-state index contributed by atoms with van der Waals surface area (Å²) >= 11 is 13.5. The molecule has 156 valence electrons. The van der Waals surface area contributed by atoms with Crippen LogP contribution in [0.5, 0.6) is 5.75 Å². The third kappa shape index (κ3) is 4.42. The first-order valence-corrected chi connectivity index (χ1v) is 10.8. The lowest BCUT2D eigenvalue weighted by atomic mass is 10.2. The van der Waals surface area contributed by atoms with Gasteiger partial charge in [-0.15, -0.1) is 0 Å². The molecule has 0 aromatic heterocycles. The van der Waals surface area contributed by atoms with E-state index in [1.54, 1.807) is 43.5 Å². The van der Waals surface area contributed by atoms with Crippen molar-refractivity contribution < 1.29 is 14.3 Å². The van der Waals surface area contributed by atoms with Crippen molar-refractivity contribution in [2.24, 2.45) is 0 Å². The van der Waals surface area contributed by atoms with Gasteiger partial charge in [-0.25, -0.2) is 4.90 Å². The lowest BCUT2D eigenvalue weighted by Gasteiger charge is -2.17. The van der Waals surface area contributed by atoms with Gasteiger partial charge in [0.05, 0.1) is 17.8 Å². The molecular weight excluding hydrogens is 455 g/mol. The minimum atomic E-state index is -0.497. The number of carbonyl (C=O) groups excluding carboxylic acids is 2. The van der Waals surface area contributed by atoms with Gasteiger partial charge in [0.15, 0.2) is 0 Å². The summed E-state index contributed by atoms with van der Waals surface area (Å²) in [5, 5.41) is 3.72. The fraction of sp³-hybridized carbons (Fsp3) is 0.0435. The Morgan fingerprint density at radius 1 is 0.903 bits per heavy atom. The topological polar surface area (TPSA) is 58.6 Å². The van der Waals surface area contributed by atoms with E-state index in [2.05, 4.69) is 5.32 Å². The van der Waals surface area contributed by atoms with Crippen LogP contribution in [0.1, 0.15) is 0 Å². The van der Waals surface area contributed by atoms with Crippen LogP contribution in [0.25, 0.3) is 0 Å². The number of hydrogen-bond acceptors (Lipinski definition) is 5. The van der Waals surface area contributed by atoms with Crippen molar-refractivity contribution >= 4 is 58.2 Å². The third-order valence-corrected chi connectivity index (χ3v) is 6.14. The lowest BCUT2D eigenvalue weighted by molar-refractivity contribution is -0.120. The molecule has 0 saturated heterocycles. The standard InChI is InChI=1S/C23H16Cl2N2O3S/c1-30-16-10-8-15(9-11-16)26-20-21(31-17-5-3-2-4-6-17)23(29)27(22(20)28)19-12-7-14(24)13-18(19)25/h2-13,26H,1H3. The van der Waals surface area contributed by atoms with Gasteiger partial charge < -0.3 is 10.1 Å². The van der Waals surface area contributed by atoms with Crippen molar-refractivity contribution in [3.8, 4) is 5.75 Å². The highest BCUT2D eigenvalue weighted by atomic mass is 35.5. The normalized spacial score (nSPS) is 13.7. The van der Waals surface area contributed by atoms with Gasteiger partial charge in [0.2, 0.25) is 0 Å². The Morgan fingerprint density at radius 3 is 2.26 bits per heavy atom. The molecule has 0 saturated carbocycles. The number of halogens is 2. The predicted molar refractivity (Wildman–Crippen MR) is 125 cm³/mol. The molecular formula is C23H16Cl2N2O3S. The zero-order valence-electron chi connectivity index (χ0n) is 16.3. The maximum absolute atomic E-state index is 13.3. The number of amides is 2. The van der Waals surface area contributed by atoms with Gasteiger partial charge in [-0.1, -0.05) is 53.2 Å². The molecule has 0 aliphatic carbocycles. The smallest absolute Gasteiger partial charge is 0.283 e. The molecule has 0 unspecified atom stereocenters. The summed E-state index contributed by atoms with van der Waals surface area (Å²) in [6.45, 7) is 0. The second-order valence-electron chi connectivity index (χ2n) is 6.51. The first-order valence-electron chi connectivity index (χ1n) is 9.20. The quantitative estimate of drug-likeness (QED) is 0.448. The summed E-state index contributed by atoms with van der Waals surface area (Å²) in [6.07, 6.45) is 0. The van der Waals surface area contributed by atoms with Crippen LogP contribution in [0, 0.1) is 0 Å². The van der Waals surface area contributed by atoms with Crippen LogP contribution in [0.15, 0.2) is 88.3 Å². The van der Waals surface area contributed by atoms with E-state index in [4.69, 9.17) is 27.9 Å². The highest BCUT2D eigenvalue weighted by Gasteiger charge is 2.41. The van der Waals surface area contributed by atoms with Crippen molar-refractivity contribution in [3.05, 3.63) is 93.4 Å². The first-order chi connectivity index (χ1) is 15.0. The molecule has 0 bridgehead atoms. The Balaban J connectivity index is 1.74. The molecule has 8 heteroatoms. The molecule has 1 aliphatic rings. The number of thioether (sulfide) groups is 1. The molecule has 2 amide bonds. The van der Waals surface area contributed by atoms with Crippen molar-refractivity contribution in [1.29, 1.82) is 0 Å². The van der Waals surface area contributed by atoms with Crippen molar-refractivity contribution in [3.63, 3.8) is 0 Å². The molecule has 1 aliphatic heterocycles. The van der Waals surface area contributed by atoms with Gasteiger partial charge in [0, 0.05) is 15.6 Å². The van der Waals surface area contributed by atoms with Crippen LogP contribution < -0.4 is 15.0 Å². The van der Waals surface area contributed by atoms with Crippen LogP contribution in [-0.4, -0.2) is 18.9 Å². The van der Waals surface area contributed by atoms with Gasteiger partial charge in [-0.05, 0) is 54.6 Å². The fourth-order valence-corrected chi connectivity index (χ4v) is 4.46. The SMILES string of the molecule is COc1ccc(NC2=C(Sc3ccccc3)C(=O)N(c3ccc(Cl)cc3Cl)C2=O)cc1. The van der Waals surface area contributed by atoms with Crippen LogP contribution in [-0.2, 0) is 9.59 Å². The number of nitrogens with one attached hydrogen (secondary N) is 1. The van der Waals surface area contributed by atoms with Crippen LogP contribution in [0.4, 0.5) is 11.4 Å². The van der Waals surface area contributed by atoms with Crippen molar-refractivity contribution in [2.45, 2.75) is 4.90 Å². The van der Waals surface area contributed by atoms with E-state index >= 15 is 0 Å². The third-order valence-electron chi connectivity index (χ3n) is 4.51. The fourth-order valence-electron chi connectivity index (χ4n) is 3.02. The Labute approximate surface area is 193 Å². The molecule has 5 nitrogen and oxygen atoms in total. The minimum absolute atomic E-state index is 0.176. The number of carbonyl (C=O) groups is 2. The number of anilines is 2. The Hall–Kier alpha value is -2.93. The summed E-state index contributed by atoms with van der Waals surface area (Å²) < 4.78 is 5.18. The molecule has 0 atom stereocenters. The minimum Gasteiger partial charge on any atom is -0.497 e. The van der Waals surface area contributed by atoms with Gasteiger partial charge in [-0.2, -0.15) is 0 Å². The second-order valence-corrected chi connectivity index (χ2v) is 8.44. The van der Waals surface area contributed by atoms with E-state index in [9.17, 15) is 9.59 Å². The van der Waals surface area contributed by atoms with Crippen molar-refractivity contribution in [2.75, 3.05) is 17.3 Å². The van der Waals surface area contributed by atoms with E-state index in [1.807, 2.05) is 30.3 Å². The number of benzene rings is 3. The zero-order valence-corrected chi connectivity index (χ0v) is 18.6. The summed E-state index contributed by atoms with van der Waals surface area (Å²) in [7, 11) is 1.58. The van der Waals surface area contributed by atoms with Crippen LogP contribution in [0.2, 0.25) is 10.0 Å². The molecule has 1 heterocycles. The average Bonchev–Trinajstić information content (AvgIpc) is 2.99. The molecule has 4 rings (SSSR count). The van der Waals surface area contributed by atoms with Gasteiger partial charge in [-0.3, -0.25) is 9.59 Å². The summed E-state index contributed by atoms with van der Waals surface area (Å²) in [5.41, 5.74) is 1.10. The highest BCUT2D eigenvalue weighted by Crippen LogP contribution is 2.40. The van der Waals surface area contributed by atoms with Crippen LogP contribution in [0.3, 0.4) is 0 Å². The summed E-state index contributed by atoms with van der Waals surface area (Å²) in [6, 6.07) is 21.1. The second kappa shape index (κ2) is 9.06. The van der Waals surface area contributed by atoms with E-state index in [0.29, 0.717) is 16.5 Å². The van der Waals surface area contributed by atoms with Gasteiger partial charge in [0.25, 0.3) is 11.8 Å². The van der Waals surface area contributed by atoms with E-state index in [-0.39, 0.29) is 21.3 Å². The number of methoxy groups -OCH3 is 1. The van der Waals surface area contributed by atoms with E-state index in [0.717, 1.165) is 9.80 Å². The Morgan fingerprint density at radius 2 is 1.61 bits per heavy atom. The largest absolute Gasteiger partial charge is 0.497 e. The van der Waals surface area contributed by atoms with E-state index < -0.39 is 11.8 Å². The number of ether oxygens (including phenoxy) is 1. The number of hydrogen-bond donors (Lipinski definition) is 1. The van der Waals surface area contributed by atoms with Gasteiger partial charge >= 0.3 is 0 Å². The maximum atomic E-state index is 13.3. The van der Waals surface area contributed by atoms with E-state index in [1.165, 1.54) is 17.8 Å². The molecule has 0 spiro atoms. The molecule has 1 N–H and O–H groups in total. The number of rotatable bonds is 6. The average molecular weight is 471 g/mol. The molecule has 31 heavy (non-hydrogen) atoms. The highest BCUT2D eigenvalue weighted by molar-refractivity contribution is 8.04. The van der Waals surface area contributed by atoms with Crippen molar-refractivity contribution in [1.82, 2.24) is 0 Å². The zero-order chi connectivity index (χ0) is 22.0. The predicted octanol–water partition coefficient (Wildman–Crippen LogP) is 5.99. The molecule has 3 aromatic carbocycles. The lowest BCUT2D eigenvalue weighted by Crippen LogP contribution is -2.32. The van der Waals surface area contributed by atoms with Gasteiger partial charge in [0.1, 0.15) is 16.4 Å². The maximum Gasteiger partial charge on any atom is 0.283 e. The summed E-state index contributed by atoms with van der Waals surface area (Å²) in [4.78, 5) is 28.8. The monoisotopic (exact) mass is 470 g/mol.